The first-order valence-corrected chi connectivity index (χ1v) is 10.1. The van der Waals surface area contributed by atoms with Crippen molar-refractivity contribution in [2.75, 3.05) is 44.2 Å². The van der Waals surface area contributed by atoms with Crippen molar-refractivity contribution in [3.05, 3.63) is 47.8 Å². The van der Waals surface area contributed by atoms with E-state index in [1.54, 1.807) is 19.3 Å². The van der Waals surface area contributed by atoms with E-state index >= 15 is 0 Å². The zero-order chi connectivity index (χ0) is 20.4. The molecule has 2 aliphatic rings. The summed E-state index contributed by atoms with van der Waals surface area (Å²) in [5.74, 6) is 0.275. The molecule has 8 heteroatoms. The number of carbonyl (C=O) groups is 2. The molecule has 152 valence electrons. The predicted molar refractivity (Wildman–Crippen MR) is 109 cm³/mol. The van der Waals surface area contributed by atoms with Gasteiger partial charge in [0.15, 0.2) is 0 Å². The van der Waals surface area contributed by atoms with Crippen LogP contribution in [0.2, 0.25) is 0 Å². The van der Waals surface area contributed by atoms with Gasteiger partial charge in [0.25, 0.3) is 5.91 Å². The minimum atomic E-state index is -0.0752. The summed E-state index contributed by atoms with van der Waals surface area (Å²) in [6.45, 7) is 8.11. The van der Waals surface area contributed by atoms with Crippen LogP contribution < -0.4 is 4.90 Å². The zero-order valence-corrected chi connectivity index (χ0v) is 16.9. The van der Waals surface area contributed by atoms with E-state index in [0.717, 1.165) is 49.7 Å². The fraction of sp³-hybridized carbons (Fsp3) is 0.476. The van der Waals surface area contributed by atoms with E-state index in [2.05, 4.69) is 27.0 Å². The van der Waals surface area contributed by atoms with Gasteiger partial charge >= 0.3 is 0 Å². The highest BCUT2D eigenvalue weighted by molar-refractivity contribution is 5.92. The molecule has 2 aliphatic heterocycles. The molecule has 4 heterocycles. The second-order valence-corrected chi connectivity index (χ2v) is 7.71. The Labute approximate surface area is 170 Å². The van der Waals surface area contributed by atoms with Gasteiger partial charge in [0.2, 0.25) is 5.91 Å². The van der Waals surface area contributed by atoms with Crippen LogP contribution in [-0.4, -0.2) is 75.8 Å². The van der Waals surface area contributed by atoms with E-state index in [1.807, 2.05) is 16.7 Å². The first-order chi connectivity index (χ1) is 14.0. The lowest BCUT2D eigenvalue weighted by atomic mass is 10.0. The Kier molecular flexibility index (Phi) is 5.42. The minimum absolute atomic E-state index is 0.0752. The first kappa shape index (κ1) is 19.3. The third kappa shape index (κ3) is 4.21. The number of amides is 2. The number of piperazine rings is 1. The standard InChI is InChI=1S/C21H26N6O2/c1-15-11-18(26-9-7-25(8-10-26)16(2)28)12-19(24-15)17-3-6-27(14-17)21(29)20-13-22-4-5-23-20/h4-5,11-13,17H,3,6-10,14H2,1-2H3/t17-/m0/s1. The Hall–Kier alpha value is -3.03. The van der Waals surface area contributed by atoms with Crippen LogP contribution in [0, 0.1) is 6.92 Å². The molecule has 0 spiro atoms. The number of rotatable bonds is 3. The van der Waals surface area contributed by atoms with Crippen LogP contribution in [0.1, 0.15) is 41.1 Å². The number of anilines is 1. The summed E-state index contributed by atoms with van der Waals surface area (Å²) < 4.78 is 0. The summed E-state index contributed by atoms with van der Waals surface area (Å²) in [5.41, 5.74) is 3.54. The van der Waals surface area contributed by atoms with Crippen molar-refractivity contribution in [1.82, 2.24) is 24.8 Å². The average Bonchev–Trinajstić information content (AvgIpc) is 3.24. The lowest BCUT2D eigenvalue weighted by Gasteiger charge is -2.36. The Bertz CT molecular complexity index is 895. The molecule has 2 fully saturated rings. The third-order valence-corrected chi connectivity index (χ3v) is 5.72. The van der Waals surface area contributed by atoms with Gasteiger partial charge in [-0.3, -0.25) is 19.6 Å². The van der Waals surface area contributed by atoms with Crippen LogP contribution >= 0.6 is 0 Å². The van der Waals surface area contributed by atoms with Crippen LogP contribution in [0.25, 0.3) is 0 Å². The van der Waals surface area contributed by atoms with Crippen LogP contribution in [0.15, 0.2) is 30.7 Å². The zero-order valence-electron chi connectivity index (χ0n) is 16.9. The molecular formula is C21H26N6O2. The van der Waals surface area contributed by atoms with Crippen molar-refractivity contribution in [3.63, 3.8) is 0 Å². The topological polar surface area (TPSA) is 82.5 Å². The lowest BCUT2D eigenvalue weighted by molar-refractivity contribution is -0.129. The summed E-state index contributed by atoms with van der Waals surface area (Å²) in [4.78, 5) is 43.1. The molecule has 0 bridgehead atoms. The van der Waals surface area contributed by atoms with Gasteiger partial charge in [-0.05, 0) is 25.5 Å². The largest absolute Gasteiger partial charge is 0.368 e. The number of likely N-dealkylation sites (tertiary alicyclic amines) is 1. The summed E-state index contributed by atoms with van der Waals surface area (Å²) in [5, 5.41) is 0. The SMILES string of the molecule is CC(=O)N1CCN(c2cc(C)nc([C@H]3CCN(C(=O)c4cnccn4)C3)c2)CC1. The van der Waals surface area contributed by atoms with E-state index in [-0.39, 0.29) is 17.7 Å². The third-order valence-electron chi connectivity index (χ3n) is 5.72. The van der Waals surface area contributed by atoms with Crippen LogP contribution in [0.5, 0.6) is 0 Å². The van der Waals surface area contributed by atoms with E-state index < -0.39 is 0 Å². The quantitative estimate of drug-likeness (QED) is 0.784. The monoisotopic (exact) mass is 394 g/mol. The van der Waals surface area contributed by atoms with E-state index in [1.165, 1.54) is 6.20 Å². The maximum atomic E-state index is 12.7. The maximum absolute atomic E-state index is 12.7. The summed E-state index contributed by atoms with van der Waals surface area (Å²) in [6, 6.07) is 4.25. The number of aromatic nitrogens is 3. The van der Waals surface area contributed by atoms with Crippen LogP contribution in [0.4, 0.5) is 5.69 Å². The molecule has 8 nitrogen and oxygen atoms in total. The van der Waals surface area contributed by atoms with Crippen molar-refractivity contribution in [3.8, 4) is 0 Å². The molecular weight excluding hydrogens is 368 g/mol. The molecule has 29 heavy (non-hydrogen) atoms. The number of pyridine rings is 1. The highest BCUT2D eigenvalue weighted by atomic mass is 16.2. The molecule has 0 aliphatic carbocycles. The van der Waals surface area contributed by atoms with Gasteiger partial charge in [0, 0.05) is 81.6 Å². The Morgan fingerprint density at radius 2 is 1.83 bits per heavy atom. The van der Waals surface area contributed by atoms with E-state index in [4.69, 9.17) is 4.98 Å². The summed E-state index contributed by atoms with van der Waals surface area (Å²) in [6.07, 6.45) is 5.51. The first-order valence-electron chi connectivity index (χ1n) is 10.1. The van der Waals surface area contributed by atoms with Gasteiger partial charge in [-0.2, -0.15) is 0 Å². The normalized spacial score (nSPS) is 19.5. The number of carbonyl (C=O) groups excluding carboxylic acids is 2. The van der Waals surface area contributed by atoms with Crippen molar-refractivity contribution in [2.24, 2.45) is 0 Å². The van der Waals surface area contributed by atoms with E-state index in [9.17, 15) is 9.59 Å². The molecule has 0 saturated carbocycles. The lowest BCUT2D eigenvalue weighted by Crippen LogP contribution is -2.48. The Balaban J connectivity index is 1.46. The summed E-state index contributed by atoms with van der Waals surface area (Å²) in [7, 11) is 0. The van der Waals surface area contributed by atoms with Crippen molar-refractivity contribution >= 4 is 17.5 Å². The van der Waals surface area contributed by atoms with Crippen LogP contribution in [0.3, 0.4) is 0 Å². The molecule has 0 unspecified atom stereocenters. The molecule has 2 saturated heterocycles. The van der Waals surface area contributed by atoms with Crippen LogP contribution in [-0.2, 0) is 4.79 Å². The minimum Gasteiger partial charge on any atom is -0.368 e. The molecule has 4 rings (SSSR count). The van der Waals surface area contributed by atoms with Crippen molar-refractivity contribution in [2.45, 2.75) is 26.2 Å². The van der Waals surface area contributed by atoms with Gasteiger partial charge in [0.05, 0.1) is 6.20 Å². The number of nitrogens with zero attached hydrogens (tertiary/aromatic N) is 6. The number of hydrogen-bond acceptors (Lipinski definition) is 6. The molecule has 2 aromatic heterocycles. The molecule has 0 N–H and O–H groups in total. The fourth-order valence-corrected chi connectivity index (χ4v) is 4.10. The van der Waals surface area contributed by atoms with Gasteiger partial charge in [0.1, 0.15) is 5.69 Å². The smallest absolute Gasteiger partial charge is 0.274 e. The maximum Gasteiger partial charge on any atom is 0.274 e. The van der Waals surface area contributed by atoms with Gasteiger partial charge in [-0.1, -0.05) is 0 Å². The average molecular weight is 394 g/mol. The van der Waals surface area contributed by atoms with Gasteiger partial charge < -0.3 is 14.7 Å². The van der Waals surface area contributed by atoms with Gasteiger partial charge in [-0.15, -0.1) is 0 Å². The van der Waals surface area contributed by atoms with Crippen molar-refractivity contribution < 1.29 is 9.59 Å². The number of aryl methyl sites for hydroxylation is 1. The Morgan fingerprint density at radius 1 is 1.03 bits per heavy atom. The Morgan fingerprint density at radius 3 is 2.52 bits per heavy atom. The van der Waals surface area contributed by atoms with Crippen molar-refractivity contribution in [1.29, 1.82) is 0 Å². The summed E-state index contributed by atoms with van der Waals surface area (Å²) >= 11 is 0. The highest BCUT2D eigenvalue weighted by Gasteiger charge is 2.30. The molecule has 1 atom stereocenters. The second-order valence-electron chi connectivity index (χ2n) is 7.71. The van der Waals surface area contributed by atoms with E-state index in [0.29, 0.717) is 18.8 Å². The molecule has 2 aromatic rings. The molecule has 0 aromatic carbocycles. The number of hydrogen-bond donors (Lipinski definition) is 0. The molecule has 0 radical (unpaired) electrons. The predicted octanol–water partition coefficient (Wildman–Crippen LogP) is 1.48. The second kappa shape index (κ2) is 8.14. The fourth-order valence-electron chi connectivity index (χ4n) is 4.10. The highest BCUT2D eigenvalue weighted by Crippen LogP contribution is 2.30. The molecule has 2 amide bonds. The van der Waals surface area contributed by atoms with Gasteiger partial charge in [-0.25, -0.2) is 4.98 Å².